The van der Waals surface area contributed by atoms with Gasteiger partial charge in [-0.15, -0.1) is 0 Å². The molecule has 1 aromatic heterocycles. The summed E-state index contributed by atoms with van der Waals surface area (Å²) < 4.78 is 5.45. The van der Waals surface area contributed by atoms with Gasteiger partial charge in [-0.3, -0.25) is 4.98 Å². The summed E-state index contributed by atoms with van der Waals surface area (Å²) >= 11 is 0. The minimum absolute atomic E-state index is 0.360. The highest BCUT2D eigenvalue weighted by Gasteiger charge is 2.25. The Hall–Kier alpha value is -1.19. The number of hydrogen-bond acceptors (Lipinski definition) is 3. The average molecular weight is 246 g/mol. The van der Waals surface area contributed by atoms with Crippen molar-refractivity contribution in [1.82, 2.24) is 10.3 Å². The van der Waals surface area contributed by atoms with Gasteiger partial charge in [0.1, 0.15) is 0 Å². The number of ether oxygens (including phenoxy) is 1. The first kappa shape index (κ1) is 13.2. The van der Waals surface area contributed by atoms with E-state index in [4.69, 9.17) is 4.74 Å². The second kappa shape index (κ2) is 6.66. The molecule has 0 spiro atoms. The minimum atomic E-state index is 0.360. The number of aromatic nitrogens is 1. The van der Waals surface area contributed by atoms with E-state index in [2.05, 4.69) is 29.9 Å². The van der Waals surface area contributed by atoms with Crippen molar-refractivity contribution in [3.05, 3.63) is 42.2 Å². The van der Waals surface area contributed by atoms with Crippen molar-refractivity contribution >= 4 is 0 Å². The fourth-order valence-electron chi connectivity index (χ4n) is 2.45. The maximum Gasteiger partial charge on any atom is 0.0469 e. The van der Waals surface area contributed by atoms with E-state index in [9.17, 15) is 0 Å². The summed E-state index contributed by atoms with van der Waals surface area (Å²) in [6, 6.07) is 4.52. The van der Waals surface area contributed by atoms with E-state index in [1.165, 1.54) is 5.56 Å². The molecule has 0 amide bonds. The molecule has 2 heterocycles. The summed E-state index contributed by atoms with van der Waals surface area (Å²) in [7, 11) is 0. The van der Waals surface area contributed by atoms with Crippen molar-refractivity contribution in [1.29, 1.82) is 0 Å². The van der Waals surface area contributed by atoms with Crippen LogP contribution in [0.25, 0.3) is 0 Å². The third-order valence-electron chi connectivity index (χ3n) is 3.40. The molecule has 1 aliphatic rings. The maximum absolute atomic E-state index is 5.45. The number of rotatable bonds is 5. The molecular formula is C15H22N2O. The van der Waals surface area contributed by atoms with Gasteiger partial charge in [-0.2, -0.15) is 0 Å². The zero-order chi connectivity index (χ0) is 12.8. The van der Waals surface area contributed by atoms with Gasteiger partial charge in [0.15, 0.2) is 0 Å². The molecule has 1 atom stereocenters. The number of pyridine rings is 1. The Balaban J connectivity index is 2.08. The minimum Gasteiger partial charge on any atom is -0.381 e. The largest absolute Gasteiger partial charge is 0.381 e. The molecule has 98 valence electrons. The van der Waals surface area contributed by atoms with Crippen LogP contribution in [0.5, 0.6) is 0 Å². The number of hydrogen-bond donors (Lipinski definition) is 1. The molecule has 0 saturated carbocycles. The average Bonchev–Trinajstić information content (AvgIpc) is 2.41. The fourth-order valence-corrected chi connectivity index (χ4v) is 2.45. The molecule has 3 nitrogen and oxygen atoms in total. The van der Waals surface area contributed by atoms with Gasteiger partial charge in [0.25, 0.3) is 0 Å². The van der Waals surface area contributed by atoms with Crippen LogP contribution in [0.2, 0.25) is 0 Å². The molecule has 0 aromatic carbocycles. The smallest absolute Gasteiger partial charge is 0.0469 e. The van der Waals surface area contributed by atoms with Crippen molar-refractivity contribution in [2.24, 2.45) is 5.92 Å². The second-order valence-corrected chi connectivity index (χ2v) is 5.05. The van der Waals surface area contributed by atoms with Crippen molar-refractivity contribution < 1.29 is 4.74 Å². The van der Waals surface area contributed by atoms with Crippen LogP contribution in [-0.2, 0) is 4.74 Å². The first-order chi connectivity index (χ1) is 8.77. The lowest BCUT2D eigenvalue weighted by molar-refractivity contribution is 0.0539. The topological polar surface area (TPSA) is 34.2 Å². The van der Waals surface area contributed by atoms with Gasteiger partial charge >= 0.3 is 0 Å². The van der Waals surface area contributed by atoms with E-state index >= 15 is 0 Å². The van der Waals surface area contributed by atoms with Crippen molar-refractivity contribution in [2.75, 3.05) is 19.8 Å². The summed E-state index contributed by atoms with van der Waals surface area (Å²) in [6.45, 7) is 8.62. The highest BCUT2D eigenvalue weighted by Crippen LogP contribution is 2.29. The Morgan fingerprint density at radius 1 is 1.56 bits per heavy atom. The molecule has 0 radical (unpaired) electrons. The molecule has 1 unspecified atom stereocenters. The molecule has 1 aromatic rings. The molecule has 1 saturated heterocycles. The maximum atomic E-state index is 5.45. The third-order valence-corrected chi connectivity index (χ3v) is 3.40. The second-order valence-electron chi connectivity index (χ2n) is 5.05. The predicted molar refractivity (Wildman–Crippen MR) is 73.3 cm³/mol. The monoisotopic (exact) mass is 246 g/mol. The zero-order valence-corrected chi connectivity index (χ0v) is 11.1. The molecule has 18 heavy (non-hydrogen) atoms. The SMILES string of the molecule is C=C(C)CNC(c1cccnc1)C1CCOCC1. The lowest BCUT2D eigenvalue weighted by atomic mass is 9.87. The van der Waals surface area contributed by atoms with Crippen LogP contribution in [-0.4, -0.2) is 24.7 Å². The van der Waals surface area contributed by atoms with Crippen LogP contribution in [0.1, 0.15) is 31.4 Å². The van der Waals surface area contributed by atoms with Gasteiger partial charge in [-0.05, 0) is 37.3 Å². The van der Waals surface area contributed by atoms with Gasteiger partial charge in [-0.1, -0.05) is 18.2 Å². The molecule has 0 aliphatic carbocycles. The van der Waals surface area contributed by atoms with Gasteiger partial charge in [0, 0.05) is 38.2 Å². The fraction of sp³-hybridized carbons (Fsp3) is 0.533. The molecule has 2 rings (SSSR count). The molecule has 1 aliphatic heterocycles. The van der Waals surface area contributed by atoms with E-state index in [0.29, 0.717) is 12.0 Å². The van der Waals surface area contributed by atoms with E-state index < -0.39 is 0 Å². The molecular weight excluding hydrogens is 224 g/mol. The highest BCUT2D eigenvalue weighted by atomic mass is 16.5. The zero-order valence-electron chi connectivity index (χ0n) is 11.1. The van der Waals surface area contributed by atoms with E-state index in [1.807, 2.05) is 18.5 Å². The van der Waals surface area contributed by atoms with Crippen LogP contribution in [0, 0.1) is 5.92 Å². The van der Waals surface area contributed by atoms with Crippen LogP contribution in [0.3, 0.4) is 0 Å². The normalized spacial score (nSPS) is 18.5. The summed E-state index contributed by atoms with van der Waals surface area (Å²) in [5.41, 5.74) is 2.43. The van der Waals surface area contributed by atoms with Crippen LogP contribution in [0.4, 0.5) is 0 Å². The molecule has 1 N–H and O–H groups in total. The first-order valence-electron chi connectivity index (χ1n) is 6.63. The van der Waals surface area contributed by atoms with Crippen LogP contribution in [0.15, 0.2) is 36.7 Å². The molecule has 3 heteroatoms. The van der Waals surface area contributed by atoms with Crippen molar-refractivity contribution in [2.45, 2.75) is 25.8 Å². The summed E-state index contributed by atoms with van der Waals surface area (Å²) in [5.74, 6) is 0.627. The van der Waals surface area contributed by atoms with E-state index in [-0.39, 0.29) is 0 Å². The van der Waals surface area contributed by atoms with Gasteiger partial charge in [0.05, 0.1) is 0 Å². The number of nitrogens with zero attached hydrogens (tertiary/aromatic N) is 1. The van der Waals surface area contributed by atoms with Gasteiger partial charge < -0.3 is 10.1 Å². The standard InChI is InChI=1S/C15H22N2O/c1-12(2)10-17-15(13-5-8-18-9-6-13)14-4-3-7-16-11-14/h3-4,7,11,13,15,17H,1,5-6,8-10H2,2H3. The lowest BCUT2D eigenvalue weighted by Crippen LogP contribution is -2.33. The predicted octanol–water partition coefficient (Wildman–Crippen LogP) is 2.72. The van der Waals surface area contributed by atoms with E-state index in [1.54, 1.807) is 0 Å². The van der Waals surface area contributed by atoms with Crippen molar-refractivity contribution in [3.8, 4) is 0 Å². The van der Waals surface area contributed by atoms with Crippen LogP contribution >= 0.6 is 0 Å². The molecule has 1 fully saturated rings. The highest BCUT2D eigenvalue weighted by molar-refractivity contribution is 5.16. The Morgan fingerprint density at radius 3 is 2.94 bits per heavy atom. The molecule has 0 bridgehead atoms. The number of nitrogens with one attached hydrogen (secondary N) is 1. The van der Waals surface area contributed by atoms with Crippen LogP contribution < -0.4 is 5.32 Å². The Bertz CT molecular complexity index is 371. The quantitative estimate of drug-likeness (QED) is 0.811. The Morgan fingerprint density at radius 2 is 2.33 bits per heavy atom. The summed E-state index contributed by atoms with van der Waals surface area (Å²) in [4.78, 5) is 4.23. The lowest BCUT2D eigenvalue weighted by Gasteiger charge is -2.31. The Kier molecular flexibility index (Phi) is 4.90. The van der Waals surface area contributed by atoms with Gasteiger partial charge in [-0.25, -0.2) is 0 Å². The summed E-state index contributed by atoms with van der Waals surface area (Å²) in [6.07, 6.45) is 6.01. The van der Waals surface area contributed by atoms with E-state index in [0.717, 1.165) is 38.2 Å². The summed E-state index contributed by atoms with van der Waals surface area (Å²) in [5, 5.41) is 3.61. The van der Waals surface area contributed by atoms with Gasteiger partial charge in [0.2, 0.25) is 0 Å². The first-order valence-corrected chi connectivity index (χ1v) is 6.63. The van der Waals surface area contributed by atoms with Crippen molar-refractivity contribution in [3.63, 3.8) is 0 Å². The third kappa shape index (κ3) is 3.65. The Labute approximate surface area is 109 Å².